The molecule has 0 spiro atoms. The summed E-state index contributed by atoms with van der Waals surface area (Å²) in [5, 5.41) is 0. The van der Waals surface area contributed by atoms with Gasteiger partial charge in [-0.25, -0.2) is 0 Å². The minimum atomic E-state index is 1.13. The van der Waals surface area contributed by atoms with Crippen molar-refractivity contribution in [3.05, 3.63) is 215 Å². The van der Waals surface area contributed by atoms with Crippen LogP contribution in [0.15, 0.2) is 187 Å². The highest BCUT2D eigenvalue weighted by atomic mass is 15.2. The fourth-order valence-corrected chi connectivity index (χ4v) is 6.45. The van der Waals surface area contributed by atoms with Crippen LogP contribution in [0.2, 0.25) is 0 Å². The van der Waals surface area contributed by atoms with Gasteiger partial charge in [0.15, 0.2) is 0 Å². The summed E-state index contributed by atoms with van der Waals surface area (Å²) in [5.41, 5.74) is 16.8. The second-order valence-corrected chi connectivity index (χ2v) is 12.5. The Bertz CT molecular complexity index is 2140. The van der Waals surface area contributed by atoms with Crippen LogP contribution in [0.1, 0.15) is 27.8 Å². The Balaban J connectivity index is 0.965. The van der Waals surface area contributed by atoms with Crippen LogP contribution in [0.3, 0.4) is 0 Å². The van der Waals surface area contributed by atoms with E-state index >= 15 is 0 Å². The third-order valence-corrected chi connectivity index (χ3v) is 9.12. The van der Waals surface area contributed by atoms with Gasteiger partial charge in [-0.1, -0.05) is 120 Å². The number of aryl methyl sites for hydroxylation is 2. The summed E-state index contributed by atoms with van der Waals surface area (Å²) in [4.78, 5) is 4.61. The highest BCUT2D eigenvalue weighted by Crippen LogP contribution is 2.38. The first-order chi connectivity index (χ1) is 23.6. The summed E-state index contributed by atoms with van der Waals surface area (Å²) < 4.78 is 0. The fraction of sp³-hybridized carbons (Fsp3) is 0.0435. The zero-order chi connectivity index (χ0) is 32.5. The monoisotopic (exact) mass is 616 g/mol. The Labute approximate surface area is 283 Å². The number of rotatable bonds is 7. The van der Waals surface area contributed by atoms with Crippen LogP contribution in [-0.2, 0) is 0 Å². The van der Waals surface area contributed by atoms with Gasteiger partial charge in [0.05, 0.1) is 0 Å². The van der Waals surface area contributed by atoms with E-state index < -0.39 is 0 Å². The van der Waals surface area contributed by atoms with E-state index in [2.05, 4.69) is 206 Å². The van der Waals surface area contributed by atoms with E-state index in [1.54, 1.807) is 0 Å². The van der Waals surface area contributed by atoms with Crippen LogP contribution in [0.25, 0.3) is 28.9 Å². The first kappa shape index (κ1) is 29.3. The van der Waals surface area contributed by atoms with E-state index in [0.29, 0.717) is 0 Å². The van der Waals surface area contributed by atoms with Crippen LogP contribution in [0.5, 0.6) is 0 Å². The average Bonchev–Trinajstić information content (AvgIpc) is 3.13. The lowest BCUT2D eigenvalue weighted by molar-refractivity contribution is 0.564. The Kier molecular flexibility index (Phi) is 7.68. The molecule has 0 aliphatic carbocycles. The van der Waals surface area contributed by atoms with Gasteiger partial charge in [-0.3, -0.25) is 0 Å². The van der Waals surface area contributed by atoms with E-state index in [1.807, 2.05) is 0 Å². The standard InChI is InChI=1S/C46H36N2/c1-33-9-25-42(26-10-33)47(43-27-11-34(2)12-28-43)44-29-17-36(18-30-44)14-13-35-15-19-37(20-16-35)38-21-23-39(24-22-38)40-31-45-7-3-5-41-6-4-8-46(32-40)48(41)45/h3-32H,1-2H3. The highest BCUT2D eigenvalue weighted by Gasteiger charge is 2.23. The Morgan fingerprint density at radius 1 is 0.438 bits per heavy atom. The molecule has 2 heteroatoms. The summed E-state index contributed by atoms with van der Waals surface area (Å²) in [6, 6.07) is 43.9. The first-order valence-electron chi connectivity index (χ1n) is 16.5. The van der Waals surface area contributed by atoms with Gasteiger partial charge in [0.1, 0.15) is 0 Å². The van der Waals surface area contributed by atoms with E-state index in [-0.39, 0.29) is 0 Å². The molecule has 0 bridgehead atoms. The van der Waals surface area contributed by atoms with Gasteiger partial charge in [-0.15, -0.1) is 0 Å². The molecule has 0 fully saturated rings. The molecule has 5 aromatic carbocycles. The molecule has 0 radical (unpaired) electrons. The molecule has 0 saturated heterocycles. The SMILES string of the molecule is Cc1ccc(N(c2ccc(C)cc2)c2ccc(C=Cc3ccc(-c4ccc(C5=CC6=CC=CC7=CC=CC(=C5)N76)cc4)cc3)cc2)cc1. The molecule has 0 atom stereocenters. The average molecular weight is 617 g/mol. The minimum absolute atomic E-state index is 1.13. The van der Waals surface area contributed by atoms with Crippen molar-refractivity contribution in [3.63, 3.8) is 0 Å². The van der Waals surface area contributed by atoms with Crippen molar-refractivity contribution >= 4 is 34.8 Å². The van der Waals surface area contributed by atoms with Crippen LogP contribution in [0, 0.1) is 13.8 Å². The molecular formula is C46H36N2. The number of hydrogen-bond acceptors (Lipinski definition) is 2. The van der Waals surface area contributed by atoms with Gasteiger partial charge >= 0.3 is 0 Å². The van der Waals surface area contributed by atoms with Crippen molar-refractivity contribution in [2.45, 2.75) is 13.8 Å². The quantitative estimate of drug-likeness (QED) is 0.168. The van der Waals surface area contributed by atoms with E-state index in [1.165, 1.54) is 56.0 Å². The second-order valence-electron chi connectivity index (χ2n) is 12.5. The van der Waals surface area contributed by atoms with Crippen molar-refractivity contribution in [2.24, 2.45) is 0 Å². The van der Waals surface area contributed by atoms with Gasteiger partial charge in [0.25, 0.3) is 0 Å². The largest absolute Gasteiger partial charge is 0.311 e. The summed E-state index contributed by atoms with van der Waals surface area (Å²) in [7, 11) is 0. The molecule has 230 valence electrons. The van der Waals surface area contributed by atoms with Crippen LogP contribution < -0.4 is 4.90 Å². The normalized spacial score (nSPS) is 14.7. The molecule has 3 aliphatic rings. The molecular weight excluding hydrogens is 581 g/mol. The summed E-state index contributed by atoms with van der Waals surface area (Å²) >= 11 is 0. The molecule has 5 aromatic rings. The van der Waals surface area contributed by atoms with E-state index in [4.69, 9.17) is 0 Å². The lowest BCUT2D eigenvalue weighted by Crippen LogP contribution is -2.24. The number of nitrogens with zero attached hydrogens (tertiary/aromatic N) is 2. The van der Waals surface area contributed by atoms with Crippen LogP contribution in [-0.4, -0.2) is 4.90 Å². The third-order valence-electron chi connectivity index (χ3n) is 9.12. The predicted octanol–water partition coefficient (Wildman–Crippen LogP) is 12.1. The predicted molar refractivity (Wildman–Crippen MR) is 204 cm³/mol. The fourth-order valence-electron chi connectivity index (χ4n) is 6.45. The van der Waals surface area contributed by atoms with Gasteiger partial charge < -0.3 is 9.80 Å². The van der Waals surface area contributed by atoms with Crippen molar-refractivity contribution in [1.29, 1.82) is 0 Å². The van der Waals surface area contributed by atoms with Crippen molar-refractivity contribution < 1.29 is 0 Å². The van der Waals surface area contributed by atoms with E-state index in [9.17, 15) is 0 Å². The summed E-state index contributed by atoms with van der Waals surface area (Å²) in [5.74, 6) is 0. The van der Waals surface area contributed by atoms with Crippen molar-refractivity contribution in [1.82, 2.24) is 4.90 Å². The summed E-state index contributed by atoms with van der Waals surface area (Å²) in [6.45, 7) is 4.25. The van der Waals surface area contributed by atoms with Crippen molar-refractivity contribution in [3.8, 4) is 11.1 Å². The van der Waals surface area contributed by atoms with E-state index in [0.717, 1.165) is 22.6 Å². The Morgan fingerprint density at radius 3 is 1.44 bits per heavy atom. The summed E-state index contributed by atoms with van der Waals surface area (Å²) in [6.07, 6.45) is 21.8. The maximum Gasteiger partial charge on any atom is 0.0467 e. The third kappa shape index (κ3) is 5.92. The number of allylic oxidation sites excluding steroid dienone is 9. The molecule has 0 N–H and O–H groups in total. The number of anilines is 3. The molecule has 3 aliphatic heterocycles. The smallest absolute Gasteiger partial charge is 0.0467 e. The maximum absolute atomic E-state index is 2.31. The molecule has 0 amide bonds. The highest BCUT2D eigenvalue weighted by molar-refractivity contribution is 5.82. The maximum atomic E-state index is 2.31. The van der Waals surface area contributed by atoms with Gasteiger partial charge in [-0.05, 0) is 120 Å². The Morgan fingerprint density at radius 2 is 0.875 bits per heavy atom. The molecule has 8 rings (SSSR count). The second kappa shape index (κ2) is 12.6. The van der Waals surface area contributed by atoms with Crippen LogP contribution >= 0.6 is 0 Å². The van der Waals surface area contributed by atoms with Crippen LogP contribution in [0.4, 0.5) is 17.1 Å². The lowest BCUT2D eigenvalue weighted by atomic mass is 9.94. The molecule has 0 unspecified atom stereocenters. The first-order valence-corrected chi connectivity index (χ1v) is 16.5. The zero-order valence-corrected chi connectivity index (χ0v) is 27.2. The lowest BCUT2D eigenvalue weighted by Gasteiger charge is -2.34. The topological polar surface area (TPSA) is 6.48 Å². The van der Waals surface area contributed by atoms with Gasteiger partial charge in [0.2, 0.25) is 0 Å². The van der Waals surface area contributed by atoms with Gasteiger partial charge in [0, 0.05) is 34.2 Å². The van der Waals surface area contributed by atoms with Crippen molar-refractivity contribution in [2.75, 3.05) is 4.90 Å². The zero-order valence-electron chi connectivity index (χ0n) is 27.2. The van der Waals surface area contributed by atoms with Gasteiger partial charge in [-0.2, -0.15) is 0 Å². The molecule has 0 saturated carbocycles. The number of benzene rings is 5. The molecule has 48 heavy (non-hydrogen) atoms. The minimum Gasteiger partial charge on any atom is -0.311 e. The molecule has 2 nitrogen and oxygen atoms in total. The Hall–Kier alpha value is -6.12. The molecule has 0 aromatic heterocycles. The molecule has 3 heterocycles. The number of hydrogen-bond donors (Lipinski definition) is 0.